The van der Waals surface area contributed by atoms with Gasteiger partial charge in [-0.05, 0) is 12.1 Å². The zero-order valence-corrected chi connectivity index (χ0v) is 9.65. The minimum atomic E-state index is 0.498. The quantitative estimate of drug-likeness (QED) is 0.549. The Bertz CT molecular complexity index is 510. The predicted molar refractivity (Wildman–Crippen MR) is 64.9 cm³/mol. The molecule has 17 heavy (non-hydrogen) atoms. The molecule has 0 fully saturated rings. The Labute approximate surface area is 98.7 Å². The number of hydrazine groups is 1. The van der Waals surface area contributed by atoms with E-state index in [0.717, 1.165) is 17.0 Å². The summed E-state index contributed by atoms with van der Waals surface area (Å²) in [7, 11) is 3.22. The van der Waals surface area contributed by atoms with E-state index in [1.807, 2.05) is 18.2 Å². The van der Waals surface area contributed by atoms with E-state index in [1.165, 1.54) is 0 Å². The standard InChI is InChI=1S/C11H14N4O2/c1-16-7-3-4-8(10(5-7)17-2)9-6-13-11(14-9)15-12/h3-6H,12H2,1-2H3,(H2,13,14,15). The summed E-state index contributed by atoms with van der Waals surface area (Å²) in [5.74, 6) is 7.20. The van der Waals surface area contributed by atoms with E-state index in [1.54, 1.807) is 20.4 Å². The van der Waals surface area contributed by atoms with Crippen LogP contribution in [-0.2, 0) is 0 Å². The summed E-state index contributed by atoms with van der Waals surface area (Å²) in [6.45, 7) is 0. The van der Waals surface area contributed by atoms with E-state index >= 15 is 0 Å². The third kappa shape index (κ3) is 2.16. The number of rotatable bonds is 4. The van der Waals surface area contributed by atoms with Gasteiger partial charge in [0.2, 0.25) is 5.95 Å². The second kappa shape index (κ2) is 4.75. The molecule has 4 N–H and O–H groups in total. The number of aromatic nitrogens is 2. The van der Waals surface area contributed by atoms with Crippen LogP contribution in [0.25, 0.3) is 11.3 Å². The van der Waals surface area contributed by atoms with Crippen molar-refractivity contribution in [1.82, 2.24) is 9.97 Å². The molecule has 0 aliphatic heterocycles. The Balaban J connectivity index is 2.43. The average molecular weight is 234 g/mol. The number of benzene rings is 1. The molecular weight excluding hydrogens is 220 g/mol. The van der Waals surface area contributed by atoms with E-state index in [4.69, 9.17) is 15.3 Å². The summed E-state index contributed by atoms with van der Waals surface area (Å²) in [5, 5.41) is 0. The molecule has 90 valence electrons. The van der Waals surface area contributed by atoms with Crippen LogP contribution < -0.4 is 20.7 Å². The minimum Gasteiger partial charge on any atom is -0.497 e. The van der Waals surface area contributed by atoms with E-state index in [9.17, 15) is 0 Å². The van der Waals surface area contributed by atoms with Crippen molar-refractivity contribution in [3.05, 3.63) is 24.4 Å². The lowest BCUT2D eigenvalue weighted by Gasteiger charge is -2.08. The topological polar surface area (TPSA) is 85.2 Å². The largest absolute Gasteiger partial charge is 0.497 e. The maximum Gasteiger partial charge on any atom is 0.215 e. The van der Waals surface area contributed by atoms with Crippen molar-refractivity contribution in [1.29, 1.82) is 0 Å². The van der Waals surface area contributed by atoms with Crippen LogP contribution in [-0.4, -0.2) is 24.2 Å². The zero-order chi connectivity index (χ0) is 12.3. The Morgan fingerprint density at radius 1 is 1.29 bits per heavy atom. The van der Waals surface area contributed by atoms with E-state index in [2.05, 4.69) is 15.4 Å². The molecule has 0 amide bonds. The van der Waals surface area contributed by atoms with Crippen LogP contribution >= 0.6 is 0 Å². The molecule has 1 aromatic heterocycles. The van der Waals surface area contributed by atoms with Gasteiger partial charge in [-0.2, -0.15) is 0 Å². The molecule has 1 heterocycles. The molecule has 0 saturated heterocycles. The lowest BCUT2D eigenvalue weighted by Crippen LogP contribution is -2.07. The second-order valence-corrected chi connectivity index (χ2v) is 3.36. The van der Waals surface area contributed by atoms with Crippen molar-refractivity contribution < 1.29 is 9.47 Å². The fourth-order valence-corrected chi connectivity index (χ4v) is 1.55. The smallest absolute Gasteiger partial charge is 0.215 e. The molecule has 0 aliphatic carbocycles. The summed E-state index contributed by atoms with van der Waals surface area (Å²) in [4.78, 5) is 7.07. The summed E-state index contributed by atoms with van der Waals surface area (Å²) in [5.41, 5.74) is 4.15. The first-order valence-corrected chi connectivity index (χ1v) is 5.02. The van der Waals surface area contributed by atoms with Crippen LogP contribution in [0.4, 0.5) is 5.95 Å². The first-order chi connectivity index (χ1) is 8.28. The second-order valence-electron chi connectivity index (χ2n) is 3.36. The third-order valence-corrected chi connectivity index (χ3v) is 2.41. The molecule has 6 heteroatoms. The predicted octanol–water partition coefficient (Wildman–Crippen LogP) is 1.38. The Hall–Kier alpha value is -2.21. The summed E-state index contributed by atoms with van der Waals surface area (Å²) >= 11 is 0. The number of ether oxygens (including phenoxy) is 2. The summed E-state index contributed by atoms with van der Waals surface area (Å²) in [6, 6.07) is 5.56. The first-order valence-electron chi connectivity index (χ1n) is 5.02. The number of anilines is 1. The fraction of sp³-hybridized carbons (Fsp3) is 0.182. The molecule has 1 aromatic carbocycles. The lowest BCUT2D eigenvalue weighted by atomic mass is 10.1. The molecule has 0 radical (unpaired) electrons. The normalized spacial score (nSPS) is 10.1. The van der Waals surface area contributed by atoms with Gasteiger partial charge in [-0.15, -0.1) is 0 Å². The number of nitrogen functional groups attached to an aromatic ring is 1. The number of methoxy groups -OCH3 is 2. The van der Waals surface area contributed by atoms with Crippen molar-refractivity contribution in [2.45, 2.75) is 0 Å². The summed E-state index contributed by atoms with van der Waals surface area (Å²) in [6.07, 6.45) is 1.68. The average Bonchev–Trinajstić information content (AvgIpc) is 2.86. The van der Waals surface area contributed by atoms with Crippen LogP contribution in [0.2, 0.25) is 0 Å². The molecular formula is C11H14N4O2. The zero-order valence-electron chi connectivity index (χ0n) is 9.65. The molecule has 0 bridgehead atoms. The Kier molecular flexibility index (Phi) is 3.15. The van der Waals surface area contributed by atoms with Crippen LogP contribution in [0, 0.1) is 0 Å². The SMILES string of the molecule is COc1ccc(-c2cnc(NN)[nH]2)c(OC)c1. The number of imidazole rings is 1. The summed E-state index contributed by atoms with van der Waals surface area (Å²) < 4.78 is 10.4. The van der Waals surface area contributed by atoms with Crippen molar-refractivity contribution in [3.63, 3.8) is 0 Å². The van der Waals surface area contributed by atoms with Gasteiger partial charge in [0.15, 0.2) is 0 Å². The van der Waals surface area contributed by atoms with Crippen molar-refractivity contribution in [2.75, 3.05) is 19.6 Å². The van der Waals surface area contributed by atoms with E-state index < -0.39 is 0 Å². The molecule has 0 saturated carbocycles. The van der Waals surface area contributed by atoms with Crippen molar-refractivity contribution in [2.24, 2.45) is 5.84 Å². The number of hydrogen-bond acceptors (Lipinski definition) is 5. The highest BCUT2D eigenvalue weighted by molar-refractivity contribution is 5.69. The molecule has 0 atom stereocenters. The fourth-order valence-electron chi connectivity index (χ4n) is 1.55. The van der Waals surface area contributed by atoms with Gasteiger partial charge in [-0.1, -0.05) is 0 Å². The van der Waals surface area contributed by atoms with Crippen LogP contribution in [0.15, 0.2) is 24.4 Å². The van der Waals surface area contributed by atoms with Crippen LogP contribution in [0.1, 0.15) is 0 Å². The number of nitrogens with one attached hydrogen (secondary N) is 2. The highest BCUT2D eigenvalue weighted by Crippen LogP contribution is 2.32. The Morgan fingerprint density at radius 3 is 2.71 bits per heavy atom. The first kappa shape index (κ1) is 11.3. The highest BCUT2D eigenvalue weighted by atomic mass is 16.5. The van der Waals surface area contributed by atoms with Gasteiger partial charge in [0.1, 0.15) is 11.5 Å². The van der Waals surface area contributed by atoms with Gasteiger partial charge in [0.05, 0.1) is 26.1 Å². The van der Waals surface area contributed by atoms with E-state index in [0.29, 0.717) is 11.7 Å². The van der Waals surface area contributed by atoms with Crippen molar-refractivity contribution in [3.8, 4) is 22.8 Å². The monoisotopic (exact) mass is 234 g/mol. The van der Waals surface area contributed by atoms with Gasteiger partial charge in [0, 0.05) is 11.6 Å². The Morgan fingerprint density at radius 2 is 2.12 bits per heavy atom. The van der Waals surface area contributed by atoms with Gasteiger partial charge in [-0.25, -0.2) is 10.8 Å². The number of aromatic amines is 1. The van der Waals surface area contributed by atoms with Crippen LogP contribution in [0.3, 0.4) is 0 Å². The van der Waals surface area contributed by atoms with Gasteiger partial charge in [0.25, 0.3) is 0 Å². The van der Waals surface area contributed by atoms with Gasteiger partial charge in [-0.3, -0.25) is 5.43 Å². The number of nitrogens with zero attached hydrogens (tertiary/aromatic N) is 1. The van der Waals surface area contributed by atoms with E-state index in [-0.39, 0.29) is 0 Å². The molecule has 0 spiro atoms. The maximum absolute atomic E-state index is 5.31. The third-order valence-electron chi connectivity index (χ3n) is 2.41. The molecule has 2 aromatic rings. The van der Waals surface area contributed by atoms with Gasteiger partial charge >= 0.3 is 0 Å². The molecule has 2 rings (SSSR count). The number of hydrogen-bond donors (Lipinski definition) is 3. The highest BCUT2D eigenvalue weighted by Gasteiger charge is 2.09. The number of H-pyrrole nitrogens is 1. The van der Waals surface area contributed by atoms with Gasteiger partial charge < -0.3 is 14.5 Å². The number of nitrogens with two attached hydrogens (primary N) is 1. The minimum absolute atomic E-state index is 0.498. The molecule has 6 nitrogen and oxygen atoms in total. The van der Waals surface area contributed by atoms with Crippen LogP contribution in [0.5, 0.6) is 11.5 Å². The maximum atomic E-state index is 5.31. The lowest BCUT2D eigenvalue weighted by molar-refractivity contribution is 0.395. The molecule has 0 unspecified atom stereocenters. The molecule has 0 aliphatic rings. The van der Waals surface area contributed by atoms with Crippen molar-refractivity contribution >= 4 is 5.95 Å².